The summed E-state index contributed by atoms with van der Waals surface area (Å²) in [5.41, 5.74) is 0.648. The van der Waals surface area contributed by atoms with Crippen LogP contribution in [0.4, 0.5) is 4.39 Å². The highest BCUT2D eigenvalue weighted by atomic mass is 19.1. The van der Waals surface area contributed by atoms with Crippen molar-refractivity contribution >= 4 is 5.91 Å². The van der Waals surface area contributed by atoms with E-state index in [1.54, 1.807) is 18.2 Å². The number of rotatable bonds is 4. The molecule has 1 amide bonds. The molecule has 106 valence electrons. The lowest BCUT2D eigenvalue weighted by Crippen LogP contribution is -2.43. The number of hydrogen-bond acceptors (Lipinski definition) is 1. The molecule has 0 aromatic heterocycles. The Hall–Kier alpha value is -1.90. The minimum absolute atomic E-state index is 0.102. The lowest BCUT2D eigenvalue weighted by Gasteiger charge is -2.30. The van der Waals surface area contributed by atoms with Crippen molar-refractivity contribution in [2.24, 2.45) is 0 Å². The van der Waals surface area contributed by atoms with Gasteiger partial charge in [0.05, 0.1) is 5.54 Å². The minimum atomic E-state index is -0.342. The lowest BCUT2D eigenvalue weighted by atomic mass is 9.88. The van der Waals surface area contributed by atoms with Crippen LogP contribution < -0.4 is 5.32 Å². The molecule has 2 nitrogen and oxygen atoms in total. The third kappa shape index (κ3) is 3.35. The average Bonchev–Trinajstić information content (AvgIpc) is 2.89. The Bertz CT molecular complexity index is 510. The zero-order valence-electron chi connectivity index (χ0n) is 11.7. The van der Waals surface area contributed by atoms with Gasteiger partial charge in [0.1, 0.15) is 5.82 Å². The van der Waals surface area contributed by atoms with Crippen molar-refractivity contribution in [2.75, 3.05) is 0 Å². The summed E-state index contributed by atoms with van der Waals surface area (Å²) >= 11 is 0. The van der Waals surface area contributed by atoms with Crippen LogP contribution in [0.5, 0.6) is 0 Å². The van der Waals surface area contributed by atoms with E-state index in [2.05, 4.69) is 5.32 Å². The molecule has 1 aromatic rings. The molecule has 0 aliphatic heterocycles. The maximum atomic E-state index is 13.1. The summed E-state index contributed by atoms with van der Waals surface area (Å²) in [5, 5.41) is 3.10. The molecule has 0 atom stereocenters. The van der Waals surface area contributed by atoms with Gasteiger partial charge in [-0.05, 0) is 37.5 Å². The van der Waals surface area contributed by atoms with Gasteiger partial charge in [-0.2, -0.15) is 0 Å². The molecule has 1 saturated carbocycles. The molecule has 1 fully saturated rings. The highest BCUT2D eigenvalue weighted by Gasteiger charge is 2.36. The quantitative estimate of drug-likeness (QED) is 0.655. The molecule has 0 unspecified atom stereocenters. The number of halogens is 1. The average molecular weight is 273 g/mol. The summed E-state index contributed by atoms with van der Waals surface area (Å²) in [6, 6.07) is 6.46. The molecule has 1 N–H and O–H groups in total. The molecular weight excluding hydrogens is 253 g/mol. The SMILES string of the molecule is C/C=C/C=C/C(=O)NC1(c2ccc(F)cc2)CCCC1. The fourth-order valence-corrected chi connectivity index (χ4v) is 2.76. The van der Waals surface area contributed by atoms with Gasteiger partial charge in [-0.3, -0.25) is 4.79 Å². The van der Waals surface area contributed by atoms with E-state index in [0.717, 1.165) is 31.2 Å². The van der Waals surface area contributed by atoms with Crippen LogP contribution in [0.25, 0.3) is 0 Å². The van der Waals surface area contributed by atoms with E-state index >= 15 is 0 Å². The molecule has 1 aliphatic rings. The van der Waals surface area contributed by atoms with E-state index in [9.17, 15) is 9.18 Å². The van der Waals surface area contributed by atoms with Crippen molar-refractivity contribution in [1.29, 1.82) is 0 Å². The molecule has 2 rings (SSSR count). The van der Waals surface area contributed by atoms with Crippen molar-refractivity contribution in [3.63, 3.8) is 0 Å². The van der Waals surface area contributed by atoms with Crippen molar-refractivity contribution < 1.29 is 9.18 Å². The molecule has 1 aliphatic carbocycles. The zero-order chi connectivity index (χ0) is 14.4. The fourth-order valence-electron chi connectivity index (χ4n) is 2.76. The molecule has 3 heteroatoms. The first-order valence-corrected chi connectivity index (χ1v) is 7.04. The Kier molecular flexibility index (Phi) is 4.72. The van der Waals surface area contributed by atoms with E-state index in [1.807, 2.05) is 19.1 Å². The Morgan fingerprint density at radius 2 is 1.85 bits per heavy atom. The van der Waals surface area contributed by atoms with E-state index < -0.39 is 0 Å². The predicted molar refractivity (Wildman–Crippen MR) is 78.6 cm³/mol. The van der Waals surface area contributed by atoms with Gasteiger partial charge in [0.15, 0.2) is 0 Å². The topological polar surface area (TPSA) is 29.1 Å². The zero-order valence-corrected chi connectivity index (χ0v) is 11.7. The number of nitrogens with one attached hydrogen (secondary N) is 1. The first-order chi connectivity index (χ1) is 9.66. The smallest absolute Gasteiger partial charge is 0.244 e. The molecule has 20 heavy (non-hydrogen) atoms. The highest BCUT2D eigenvalue weighted by molar-refractivity contribution is 5.88. The summed E-state index contributed by atoms with van der Waals surface area (Å²) in [5.74, 6) is -0.351. The van der Waals surface area contributed by atoms with Gasteiger partial charge in [0, 0.05) is 6.08 Å². The molecule has 0 spiro atoms. The van der Waals surface area contributed by atoms with Gasteiger partial charge >= 0.3 is 0 Å². The maximum absolute atomic E-state index is 13.1. The molecule has 1 aromatic carbocycles. The summed E-state index contributed by atoms with van der Waals surface area (Å²) in [6.07, 6.45) is 10.9. The highest BCUT2D eigenvalue weighted by Crippen LogP contribution is 2.38. The molecule has 0 saturated heterocycles. The van der Waals surface area contributed by atoms with Crippen LogP contribution in [0.1, 0.15) is 38.2 Å². The van der Waals surface area contributed by atoms with Crippen LogP contribution in [0.3, 0.4) is 0 Å². The number of benzene rings is 1. The van der Waals surface area contributed by atoms with Gasteiger partial charge in [-0.1, -0.05) is 43.2 Å². The van der Waals surface area contributed by atoms with Crippen LogP contribution in [0.2, 0.25) is 0 Å². The second-order valence-electron chi connectivity index (χ2n) is 5.17. The monoisotopic (exact) mass is 273 g/mol. The van der Waals surface area contributed by atoms with E-state index in [-0.39, 0.29) is 17.3 Å². The standard InChI is InChI=1S/C17H20FNO/c1-2-3-4-7-16(20)19-17(12-5-6-13-17)14-8-10-15(18)11-9-14/h2-4,7-11H,5-6,12-13H2,1H3,(H,19,20)/b3-2+,7-4+. The summed E-state index contributed by atoms with van der Waals surface area (Å²) in [4.78, 5) is 12.0. The Morgan fingerprint density at radius 1 is 1.20 bits per heavy atom. The number of allylic oxidation sites excluding steroid dienone is 3. The van der Waals surface area contributed by atoms with E-state index in [4.69, 9.17) is 0 Å². The van der Waals surface area contributed by atoms with Gasteiger partial charge in [0.2, 0.25) is 5.91 Å². The van der Waals surface area contributed by atoms with Crippen LogP contribution in [0.15, 0.2) is 48.6 Å². The van der Waals surface area contributed by atoms with E-state index in [0.29, 0.717) is 0 Å². The summed E-state index contributed by atoms with van der Waals surface area (Å²) in [6.45, 7) is 1.90. The van der Waals surface area contributed by atoms with Crippen LogP contribution in [-0.4, -0.2) is 5.91 Å². The molecular formula is C17H20FNO. The van der Waals surface area contributed by atoms with Crippen molar-refractivity contribution in [1.82, 2.24) is 5.32 Å². The maximum Gasteiger partial charge on any atom is 0.244 e. The third-order valence-electron chi connectivity index (χ3n) is 3.77. The Labute approximate surface area is 119 Å². The van der Waals surface area contributed by atoms with E-state index in [1.165, 1.54) is 18.2 Å². The summed E-state index contributed by atoms with van der Waals surface area (Å²) < 4.78 is 13.1. The van der Waals surface area contributed by atoms with Crippen molar-refractivity contribution in [2.45, 2.75) is 38.1 Å². The molecule has 0 bridgehead atoms. The summed E-state index contributed by atoms with van der Waals surface area (Å²) in [7, 11) is 0. The number of carbonyl (C=O) groups is 1. The Morgan fingerprint density at radius 3 is 2.45 bits per heavy atom. The van der Waals surface area contributed by atoms with Crippen molar-refractivity contribution in [3.05, 3.63) is 60.0 Å². The third-order valence-corrected chi connectivity index (χ3v) is 3.77. The number of carbonyl (C=O) groups excluding carboxylic acids is 1. The number of amides is 1. The van der Waals surface area contributed by atoms with Gasteiger partial charge < -0.3 is 5.32 Å². The largest absolute Gasteiger partial charge is 0.343 e. The van der Waals surface area contributed by atoms with Gasteiger partial charge in [-0.25, -0.2) is 4.39 Å². The lowest BCUT2D eigenvalue weighted by molar-refractivity contribution is -0.118. The van der Waals surface area contributed by atoms with Crippen LogP contribution in [0, 0.1) is 5.82 Å². The van der Waals surface area contributed by atoms with Gasteiger partial charge in [0.25, 0.3) is 0 Å². The molecule has 0 heterocycles. The van der Waals surface area contributed by atoms with Crippen molar-refractivity contribution in [3.8, 4) is 0 Å². The van der Waals surface area contributed by atoms with Crippen LogP contribution >= 0.6 is 0 Å². The predicted octanol–water partition coefficient (Wildman–Crippen LogP) is 3.84. The first kappa shape index (κ1) is 14.5. The minimum Gasteiger partial charge on any atom is -0.343 e. The van der Waals surface area contributed by atoms with Crippen LogP contribution in [-0.2, 0) is 10.3 Å². The van der Waals surface area contributed by atoms with Gasteiger partial charge in [-0.15, -0.1) is 0 Å². The normalized spacial score (nSPS) is 17.9. The molecule has 0 radical (unpaired) electrons. The number of hydrogen-bond donors (Lipinski definition) is 1. The second-order valence-corrected chi connectivity index (χ2v) is 5.17. The Balaban J connectivity index is 2.17. The second kappa shape index (κ2) is 6.51. The first-order valence-electron chi connectivity index (χ1n) is 7.04. The fraction of sp³-hybridized carbons (Fsp3) is 0.353.